The number of hydrogen-bond acceptors (Lipinski definition) is 5. The Morgan fingerprint density at radius 3 is 3.00 bits per heavy atom. The van der Waals surface area contributed by atoms with Crippen molar-refractivity contribution in [1.29, 1.82) is 0 Å². The van der Waals surface area contributed by atoms with Crippen LogP contribution in [0.2, 0.25) is 0 Å². The second kappa shape index (κ2) is 7.54. The van der Waals surface area contributed by atoms with E-state index in [-0.39, 0.29) is 10.6 Å². The minimum Gasteiger partial charge on any atom is -0.463 e. The third-order valence-electron chi connectivity index (χ3n) is 3.84. The highest BCUT2D eigenvalue weighted by Gasteiger charge is 2.20. The van der Waals surface area contributed by atoms with Gasteiger partial charge >= 0.3 is 5.71 Å². The van der Waals surface area contributed by atoms with Gasteiger partial charge in [-0.15, -0.1) is 0 Å². The van der Waals surface area contributed by atoms with Crippen LogP contribution in [0.3, 0.4) is 0 Å². The third-order valence-corrected chi connectivity index (χ3v) is 4.01. The summed E-state index contributed by atoms with van der Waals surface area (Å²) in [5, 5.41) is 10.7. The topological polar surface area (TPSA) is 72.7 Å². The van der Waals surface area contributed by atoms with Crippen LogP contribution in [0, 0.1) is 10.1 Å². The van der Waals surface area contributed by atoms with Gasteiger partial charge in [-0.2, -0.15) is 0 Å². The molecule has 1 aliphatic rings. The van der Waals surface area contributed by atoms with Crippen LogP contribution in [0.5, 0.6) is 0 Å². The lowest BCUT2D eigenvalue weighted by atomic mass is 10.0. The van der Waals surface area contributed by atoms with Crippen LogP contribution in [0.4, 0.5) is 10.5 Å². The highest BCUT2D eigenvalue weighted by atomic mass is 31.0. The molecule has 0 aliphatic carbocycles. The molecule has 0 saturated carbocycles. The molecule has 2 unspecified atom stereocenters. The molecule has 0 saturated heterocycles. The van der Waals surface area contributed by atoms with E-state index >= 15 is 0 Å². The molecule has 0 spiro atoms. The first-order valence-corrected chi connectivity index (χ1v) is 7.97. The number of carbonyl (C=O) groups excluding carboxylic acids is 1. The predicted octanol–water partition coefficient (Wildman–Crippen LogP) is 2.66. The molecule has 0 N–H and O–H groups in total. The van der Waals surface area contributed by atoms with E-state index in [1.54, 1.807) is 6.92 Å². The van der Waals surface area contributed by atoms with Crippen LogP contribution < -0.4 is 4.90 Å². The molecule has 2 rings (SSSR count). The van der Waals surface area contributed by atoms with Gasteiger partial charge in [-0.1, -0.05) is 12.1 Å². The van der Waals surface area contributed by atoms with Gasteiger partial charge in [0.2, 0.25) is 6.04 Å². The molecule has 1 aliphatic heterocycles. The largest absolute Gasteiger partial charge is 0.463 e. The lowest BCUT2D eigenvalue weighted by Gasteiger charge is -2.19. The normalized spacial score (nSPS) is 14.5. The monoisotopic (exact) mass is 324 g/mol. The first kappa shape index (κ1) is 16.7. The second-order valence-electron chi connectivity index (χ2n) is 5.56. The number of rotatable bonds is 7. The average Bonchev–Trinajstić information content (AvgIpc) is 2.85. The number of carbonyl (C=O) groups is 1. The van der Waals surface area contributed by atoms with Crippen LogP contribution >= 0.6 is 9.24 Å². The number of hydrogen-bond donors (Lipinski definition) is 0. The Morgan fingerprint density at radius 2 is 2.32 bits per heavy atom. The highest BCUT2D eigenvalue weighted by Crippen LogP contribution is 2.29. The van der Waals surface area contributed by atoms with Crippen molar-refractivity contribution in [1.82, 2.24) is 0 Å². The van der Waals surface area contributed by atoms with Crippen molar-refractivity contribution in [3.05, 3.63) is 39.4 Å². The number of ether oxygens (including phenoxy) is 1. The average molecular weight is 324 g/mol. The first-order chi connectivity index (χ1) is 10.5. The Labute approximate surface area is 132 Å². The molecule has 7 heteroatoms. The van der Waals surface area contributed by atoms with Gasteiger partial charge in [0, 0.05) is 37.0 Å². The standard InChI is InChI=1S/C15H21N2O4P/c1-11(17(19)20)9-12-3-4-14-13(10-12)5-7-16(14)6-2-8-21-15(18)22/h3-4,10-11H,2,5-9,22H2,1H3. The molecule has 6 nitrogen and oxygen atoms in total. The van der Waals surface area contributed by atoms with Crippen LogP contribution in [-0.2, 0) is 17.6 Å². The fourth-order valence-corrected chi connectivity index (χ4v) is 2.84. The summed E-state index contributed by atoms with van der Waals surface area (Å²) in [4.78, 5) is 23.5. The SMILES string of the molecule is CC(Cc1ccc2c(c1)CCN2CCCOC(=O)P)[N+](=O)[O-]. The van der Waals surface area contributed by atoms with Crippen molar-refractivity contribution in [3.8, 4) is 0 Å². The summed E-state index contributed by atoms with van der Waals surface area (Å²) in [6.45, 7) is 3.84. The van der Waals surface area contributed by atoms with Crippen molar-refractivity contribution in [2.75, 3.05) is 24.6 Å². The van der Waals surface area contributed by atoms with E-state index in [1.807, 2.05) is 21.4 Å². The second-order valence-corrected chi connectivity index (χ2v) is 6.03. The summed E-state index contributed by atoms with van der Waals surface area (Å²) < 4.78 is 4.91. The fourth-order valence-electron chi connectivity index (χ4n) is 2.73. The van der Waals surface area contributed by atoms with Gasteiger partial charge in [0.05, 0.1) is 6.61 Å². The predicted molar refractivity (Wildman–Crippen MR) is 88.2 cm³/mol. The summed E-state index contributed by atoms with van der Waals surface area (Å²) >= 11 is 0. The molecule has 1 aromatic carbocycles. The summed E-state index contributed by atoms with van der Waals surface area (Å²) in [7, 11) is 2.00. The summed E-state index contributed by atoms with van der Waals surface area (Å²) in [6, 6.07) is 5.54. The van der Waals surface area contributed by atoms with Gasteiger partial charge in [-0.05, 0) is 39.3 Å². The van der Waals surface area contributed by atoms with Crippen LogP contribution in [0.25, 0.3) is 0 Å². The minimum absolute atomic E-state index is 0.243. The molecule has 0 radical (unpaired) electrons. The van der Waals surface area contributed by atoms with E-state index in [9.17, 15) is 14.9 Å². The summed E-state index contributed by atoms with van der Waals surface area (Å²) in [5.74, 6) is 0. The Kier molecular flexibility index (Phi) is 5.72. The molecule has 2 atom stereocenters. The van der Waals surface area contributed by atoms with Crippen molar-refractivity contribution in [2.24, 2.45) is 0 Å². The van der Waals surface area contributed by atoms with Gasteiger partial charge in [0.25, 0.3) is 0 Å². The van der Waals surface area contributed by atoms with Crippen LogP contribution in [-0.4, -0.2) is 36.4 Å². The zero-order valence-electron chi connectivity index (χ0n) is 12.7. The van der Waals surface area contributed by atoms with Gasteiger partial charge in [0.1, 0.15) is 0 Å². The van der Waals surface area contributed by atoms with Crippen molar-refractivity contribution in [2.45, 2.75) is 32.2 Å². The Hall–Kier alpha value is -1.68. The van der Waals surface area contributed by atoms with E-state index in [4.69, 9.17) is 4.74 Å². The quantitative estimate of drug-likeness (QED) is 0.334. The summed E-state index contributed by atoms with van der Waals surface area (Å²) in [6.07, 6.45) is 2.21. The molecule has 22 heavy (non-hydrogen) atoms. The lowest BCUT2D eigenvalue weighted by molar-refractivity contribution is -0.517. The molecule has 0 fully saturated rings. The molecular formula is C15H21N2O4P. The van der Waals surface area contributed by atoms with E-state index in [0.717, 1.165) is 31.5 Å². The molecule has 1 heterocycles. The molecular weight excluding hydrogens is 303 g/mol. The fraction of sp³-hybridized carbons (Fsp3) is 0.533. The van der Waals surface area contributed by atoms with Gasteiger partial charge in [-0.3, -0.25) is 10.1 Å². The smallest absolute Gasteiger partial charge is 0.319 e. The summed E-state index contributed by atoms with van der Waals surface area (Å²) in [5.41, 5.74) is 3.12. The lowest BCUT2D eigenvalue weighted by Crippen LogP contribution is -2.23. The third kappa shape index (κ3) is 4.41. The highest BCUT2D eigenvalue weighted by molar-refractivity contribution is 7.39. The maximum Gasteiger partial charge on any atom is 0.319 e. The number of nitrogens with zero attached hydrogens (tertiary/aromatic N) is 2. The Morgan fingerprint density at radius 1 is 1.55 bits per heavy atom. The van der Waals surface area contributed by atoms with Gasteiger partial charge in [-0.25, -0.2) is 4.79 Å². The van der Waals surface area contributed by atoms with E-state index in [0.29, 0.717) is 13.0 Å². The molecule has 0 amide bonds. The Balaban J connectivity index is 1.92. The maximum atomic E-state index is 10.7. The van der Waals surface area contributed by atoms with Crippen molar-refractivity contribution < 1.29 is 14.5 Å². The number of nitro groups is 1. The van der Waals surface area contributed by atoms with Crippen molar-refractivity contribution >= 4 is 20.6 Å². The van der Waals surface area contributed by atoms with Crippen molar-refractivity contribution in [3.63, 3.8) is 0 Å². The number of benzene rings is 1. The van der Waals surface area contributed by atoms with E-state index < -0.39 is 6.04 Å². The minimum atomic E-state index is -0.558. The van der Waals surface area contributed by atoms with Crippen LogP contribution in [0.1, 0.15) is 24.5 Å². The number of fused-ring (bicyclic) bond motifs is 1. The molecule has 1 aromatic rings. The van der Waals surface area contributed by atoms with E-state index in [1.165, 1.54) is 11.3 Å². The Bertz CT molecular complexity index is 564. The molecule has 0 bridgehead atoms. The molecule has 120 valence electrons. The number of anilines is 1. The van der Waals surface area contributed by atoms with Gasteiger partial charge in [0.15, 0.2) is 0 Å². The maximum absolute atomic E-state index is 10.7. The zero-order valence-corrected chi connectivity index (χ0v) is 13.8. The van der Waals surface area contributed by atoms with Gasteiger partial charge < -0.3 is 9.64 Å². The van der Waals surface area contributed by atoms with Crippen LogP contribution in [0.15, 0.2) is 18.2 Å². The zero-order chi connectivity index (χ0) is 16.1. The van der Waals surface area contributed by atoms with E-state index in [2.05, 4.69) is 11.0 Å². The first-order valence-electron chi connectivity index (χ1n) is 7.40. The molecule has 0 aromatic heterocycles.